The minimum absolute atomic E-state index is 0.0420. The number of nitrogens with zero attached hydrogens (tertiary/aromatic N) is 1. The average Bonchev–Trinajstić information content (AvgIpc) is 2.80. The number of carbonyl (C=O) groups is 1. The van der Waals surface area contributed by atoms with Crippen LogP contribution in [-0.2, 0) is 9.53 Å². The molecule has 1 aliphatic rings. The Morgan fingerprint density at radius 3 is 2.15 bits per heavy atom. The first-order valence-electron chi connectivity index (χ1n) is 13.7. The topological polar surface area (TPSA) is 48.4 Å². The number of hydrogen-bond donors (Lipinski definition) is 0. The van der Waals surface area contributed by atoms with Crippen molar-refractivity contribution in [2.24, 2.45) is 5.92 Å². The van der Waals surface area contributed by atoms with E-state index < -0.39 is 18.4 Å². The molecule has 33 heavy (non-hydrogen) atoms. The molecule has 1 aliphatic carbocycles. The zero-order valence-corrected chi connectivity index (χ0v) is 25.1. The molecule has 1 fully saturated rings. The Kier molecular flexibility index (Phi) is 12.6. The molecule has 2 rings (SSSR count). The van der Waals surface area contributed by atoms with E-state index in [1.807, 2.05) is 13.8 Å². The van der Waals surface area contributed by atoms with Crippen LogP contribution in [0.25, 0.3) is 0 Å². The van der Waals surface area contributed by atoms with Crippen molar-refractivity contribution >= 4 is 28.1 Å². The maximum atomic E-state index is 12.4. The van der Waals surface area contributed by atoms with Crippen LogP contribution in [0.2, 0.25) is 13.3 Å². The van der Waals surface area contributed by atoms with E-state index in [2.05, 4.69) is 39.8 Å². The molecule has 0 bridgehead atoms. The molecule has 0 aliphatic heterocycles. The number of esters is 1. The third kappa shape index (κ3) is 8.74. The summed E-state index contributed by atoms with van der Waals surface area (Å²) in [6.07, 6.45) is 11.6. The summed E-state index contributed by atoms with van der Waals surface area (Å²) in [6, 6.07) is 4.52. The summed E-state index contributed by atoms with van der Waals surface area (Å²) < 4.78 is 17.7. The molecule has 1 saturated carbocycles. The van der Waals surface area contributed by atoms with Crippen molar-refractivity contribution in [2.75, 3.05) is 0 Å². The van der Waals surface area contributed by atoms with Gasteiger partial charge in [-0.15, -0.1) is 0 Å². The van der Waals surface area contributed by atoms with E-state index in [-0.39, 0.29) is 24.1 Å². The first-order chi connectivity index (χ1) is 15.8. The Morgan fingerprint density at radius 1 is 1.03 bits per heavy atom. The summed E-state index contributed by atoms with van der Waals surface area (Å²) in [7, 11) is 0. The number of rotatable bonds is 14. The van der Waals surface area contributed by atoms with Gasteiger partial charge in [-0.25, -0.2) is 0 Å². The summed E-state index contributed by atoms with van der Waals surface area (Å²) in [4.78, 5) is 17.6. The van der Waals surface area contributed by atoms with E-state index >= 15 is 0 Å². The third-order valence-electron chi connectivity index (χ3n) is 7.21. The Balaban J connectivity index is 2.17. The summed E-state index contributed by atoms with van der Waals surface area (Å²) in [5.74, 6) is 0.799. The van der Waals surface area contributed by atoms with Gasteiger partial charge in [0.25, 0.3) is 0 Å². The van der Waals surface area contributed by atoms with Gasteiger partial charge in [0.15, 0.2) is 0 Å². The van der Waals surface area contributed by atoms with Crippen molar-refractivity contribution in [1.82, 2.24) is 4.98 Å². The van der Waals surface area contributed by atoms with Crippen LogP contribution < -0.4 is 8.45 Å². The molecular weight excluding hydrogens is 517 g/mol. The Bertz CT molecular complexity index is 699. The number of unbranched alkanes of at least 4 members (excludes halogenated alkanes) is 3. The van der Waals surface area contributed by atoms with Crippen molar-refractivity contribution in [3.8, 4) is 5.75 Å². The second-order valence-electron chi connectivity index (χ2n) is 10.5. The van der Waals surface area contributed by atoms with Crippen molar-refractivity contribution in [3.05, 3.63) is 17.8 Å². The average molecular weight is 566 g/mol. The normalized spacial score (nSPS) is 19.0. The molecule has 5 heteroatoms. The van der Waals surface area contributed by atoms with Crippen molar-refractivity contribution in [3.63, 3.8) is 0 Å². The van der Waals surface area contributed by atoms with Crippen LogP contribution >= 0.6 is 0 Å². The molecule has 188 valence electrons. The van der Waals surface area contributed by atoms with Gasteiger partial charge in [0.2, 0.25) is 0 Å². The molecule has 0 unspecified atom stereocenters. The van der Waals surface area contributed by atoms with Crippen LogP contribution in [0.1, 0.15) is 105 Å². The standard InChI is InChI=1S/C16H22NO3.3C4H9.Sn/c1-11(2)19-16(18)13-6-4-7-14(10-13)20-15-8-5-9-17-12(15)3;3*1-3-4-2;/h5,8,11,13-14H,4,6-7,10H2,1-3H3;3*1,3-4H2,2H3;/t13-,14-;;;;/m0..../s1. The summed E-state index contributed by atoms with van der Waals surface area (Å²) >= 11 is -2.53. The third-order valence-corrected chi connectivity index (χ3v) is 22.3. The molecular formula is C28H49NO3Sn. The van der Waals surface area contributed by atoms with Crippen LogP contribution in [0.4, 0.5) is 0 Å². The molecule has 0 N–H and O–H groups in total. The van der Waals surface area contributed by atoms with E-state index in [9.17, 15) is 4.79 Å². The number of pyridine rings is 1. The zero-order valence-electron chi connectivity index (χ0n) is 22.3. The molecule has 1 aromatic heterocycles. The Labute approximate surface area is 207 Å². The SMILES string of the molecule is CCC[CH2][Sn]([CH2]CCC)([CH2]CCC)[c]1ccc(O[C@H]2CCC[C@H](C(=O)OC(C)C)C2)c(C)n1. The zero-order chi connectivity index (χ0) is 24.3. The van der Waals surface area contributed by atoms with Crippen LogP contribution in [0.15, 0.2) is 12.1 Å². The fourth-order valence-electron chi connectivity index (χ4n) is 5.25. The first kappa shape index (κ1) is 28.5. The predicted molar refractivity (Wildman–Crippen MR) is 141 cm³/mol. The molecule has 0 amide bonds. The van der Waals surface area contributed by atoms with E-state index in [1.165, 1.54) is 55.5 Å². The molecule has 0 saturated heterocycles. The van der Waals surface area contributed by atoms with Gasteiger partial charge in [-0.1, -0.05) is 0 Å². The second kappa shape index (κ2) is 14.6. The summed E-state index contributed by atoms with van der Waals surface area (Å²) in [6.45, 7) is 12.9. The number of carbonyl (C=O) groups excluding carboxylic acids is 1. The van der Waals surface area contributed by atoms with E-state index in [1.54, 1.807) is 0 Å². The van der Waals surface area contributed by atoms with E-state index in [4.69, 9.17) is 14.5 Å². The van der Waals surface area contributed by atoms with Crippen LogP contribution in [-0.4, -0.2) is 41.5 Å². The molecule has 2 atom stereocenters. The predicted octanol–water partition coefficient (Wildman–Crippen LogP) is 7.34. The monoisotopic (exact) mass is 567 g/mol. The van der Waals surface area contributed by atoms with Crippen LogP contribution in [0, 0.1) is 12.8 Å². The quantitative estimate of drug-likeness (QED) is 0.175. The number of aryl methyl sites for hydroxylation is 1. The molecule has 0 aromatic carbocycles. The number of aromatic nitrogens is 1. The molecule has 4 nitrogen and oxygen atoms in total. The van der Waals surface area contributed by atoms with Gasteiger partial charge in [0.1, 0.15) is 0 Å². The van der Waals surface area contributed by atoms with E-state index in [0.29, 0.717) is 0 Å². The molecule has 1 aromatic rings. The Hall–Kier alpha value is -0.781. The molecule has 0 spiro atoms. The number of ether oxygens (including phenoxy) is 2. The Morgan fingerprint density at radius 2 is 1.64 bits per heavy atom. The molecule has 0 radical (unpaired) electrons. The van der Waals surface area contributed by atoms with Gasteiger partial charge in [-0.3, -0.25) is 0 Å². The minimum atomic E-state index is -2.53. The second-order valence-corrected chi connectivity index (χ2v) is 23.5. The van der Waals surface area contributed by atoms with Crippen LogP contribution in [0.3, 0.4) is 0 Å². The van der Waals surface area contributed by atoms with Gasteiger partial charge >= 0.3 is 208 Å². The van der Waals surface area contributed by atoms with Gasteiger partial charge in [-0.05, 0) is 0 Å². The van der Waals surface area contributed by atoms with Gasteiger partial charge in [0, 0.05) is 0 Å². The van der Waals surface area contributed by atoms with Crippen LogP contribution in [0.5, 0.6) is 5.75 Å². The number of hydrogen-bond acceptors (Lipinski definition) is 4. The maximum absolute atomic E-state index is 12.4. The fourth-order valence-corrected chi connectivity index (χ4v) is 20.8. The summed E-state index contributed by atoms with van der Waals surface area (Å²) in [5.41, 5.74) is 1.03. The fraction of sp³-hybridized carbons (Fsp3) is 0.786. The van der Waals surface area contributed by atoms with Gasteiger partial charge in [-0.2, -0.15) is 0 Å². The summed E-state index contributed by atoms with van der Waals surface area (Å²) in [5, 5.41) is 0. The van der Waals surface area contributed by atoms with Crippen molar-refractivity contribution < 1.29 is 14.3 Å². The van der Waals surface area contributed by atoms with Gasteiger partial charge in [0.05, 0.1) is 0 Å². The van der Waals surface area contributed by atoms with Crippen molar-refractivity contribution in [1.29, 1.82) is 0 Å². The van der Waals surface area contributed by atoms with Gasteiger partial charge < -0.3 is 0 Å². The molecule has 1 heterocycles. The van der Waals surface area contributed by atoms with E-state index in [0.717, 1.165) is 37.1 Å². The van der Waals surface area contributed by atoms with Crippen molar-refractivity contribution in [2.45, 2.75) is 131 Å². The first-order valence-corrected chi connectivity index (χ1v) is 21.2.